The van der Waals surface area contributed by atoms with Crippen molar-refractivity contribution < 1.29 is 52.9 Å². The summed E-state index contributed by atoms with van der Waals surface area (Å²) in [5, 5.41) is 23.6. The van der Waals surface area contributed by atoms with Crippen molar-refractivity contribution in [3.05, 3.63) is 59.3 Å². The van der Waals surface area contributed by atoms with Gasteiger partial charge in [-0.25, -0.2) is 0 Å². The molecule has 3 saturated heterocycles. The Hall–Kier alpha value is -2.19. The third-order valence-electron chi connectivity index (χ3n) is 13.2. The maximum absolute atomic E-state index is 14.3. The number of unbranched alkanes of at least 4 members (excludes halogenated alkanes) is 1. The summed E-state index contributed by atoms with van der Waals surface area (Å²) >= 11 is 0. The van der Waals surface area contributed by atoms with Crippen LogP contribution in [0, 0.1) is 23.7 Å². The number of hydrogen-bond acceptors (Lipinski definition) is 11. The van der Waals surface area contributed by atoms with Crippen molar-refractivity contribution in [3.63, 3.8) is 0 Å². The zero-order chi connectivity index (χ0) is 40.2. The monoisotopic (exact) mass is 784 g/mol. The topological polar surface area (TPSA) is 131 Å². The molecule has 1 spiro atoms. The van der Waals surface area contributed by atoms with E-state index in [0.29, 0.717) is 49.4 Å². The second-order valence-electron chi connectivity index (χ2n) is 17.2. The summed E-state index contributed by atoms with van der Waals surface area (Å²) < 4.78 is 50.9. The number of esters is 1. The first kappa shape index (κ1) is 43.4. The van der Waals surface area contributed by atoms with Gasteiger partial charge in [-0.05, 0) is 69.1 Å². The number of methoxy groups -OCH3 is 1. The van der Waals surface area contributed by atoms with Crippen molar-refractivity contribution in [1.82, 2.24) is 0 Å². The van der Waals surface area contributed by atoms with Crippen molar-refractivity contribution in [1.29, 1.82) is 0 Å². The molecule has 5 heterocycles. The molecular formula is C45H68O11. The molecule has 2 bridgehead atoms. The van der Waals surface area contributed by atoms with Gasteiger partial charge in [0.05, 0.1) is 37.1 Å². The zero-order valence-corrected chi connectivity index (χ0v) is 34.9. The molecule has 2 N–H and O–H groups in total. The third kappa shape index (κ3) is 9.16. The molecule has 0 amide bonds. The largest absolute Gasteiger partial charge is 0.462 e. The molecule has 1 aliphatic carbocycles. The maximum Gasteiger partial charge on any atom is 0.316 e. The van der Waals surface area contributed by atoms with Gasteiger partial charge in [-0.15, -0.1) is 0 Å². The number of ether oxygens (including phenoxy) is 8. The van der Waals surface area contributed by atoms with Crippen molar-refractivity contribution >= 4 is 5.97 Å². The normalized spacial score (nSPS) is 44.8. The van der Waals surface area contributed by atoms with Crippen LogP contribution in [0.15, 0.2) is 59.3 Å². The second kappa shape index (κ2) is 18.8. The van der Waals surface area contributed by atoms with Crippen LogP contribution in [0.4, 0.5) is 0 Å². The first-order valence-corrected chi connectivity index (χ1v) is 21.2. The Morgan fingerprint density at radius 1 is 1.07 bits per heavy atom. The lowest BCUT2D eigenvalue weighted by atomic mass is 9.71. The minimum Gasteiger partial charge on any atom is -0.462 e. The smallest absolute Gasteiger partial charge is 0.316 e. The molecule has 314 valence electrons. The van der Waals surface area contributed by atoms with Gasteiger partial charge in [-0.3, -0.25) is 4.79 Å². The van der Waals surface area contributed by atoms with E-state index in [1.54, 1.807) is 20.1 Å². The Labute approximate surface area is 334 Å². The Kier molecular flexibility index (Phi) is 14.6. The number of fused-ring (bicyclic) bond motifs is 2. The van der Waals surface area contributed by atoms with Crippen LogP contribution in [0.3, 0.4) is 0 Å². The summed E-state index contributed by atoms with van der Waals surface area (Å²) in [4.78, 5) is 14.3. The van der Waals surface area contributed by atoms with E-state index in [2.05, 4.69) is 52.8 Å². The minimum absolute atomic E-state index is 0.000401. The van der Waals surface area contributed by atoms with Gasteiger partial charge in [0.25, 0.3) is 0 Å². The number of aliphatic hydroxyl groups excluding tert-OH is 1. The van der Waals surface area contributed by atoms with Gasteiger partial charge in [0.1, 0.15) is 42.7 Å². The molecule has 0 aromatic carbocycles. The van der Waals surface area contributed by atoms with Crippen LogP contribution < -0.4 is 0 Å². The summed E-state index contributed by atoms with van der Waals surface area (Å²) in [7, 11) is 1.73. The zero-order valence-electron chi connectivity index (χ0n) is 34.9. The summed E-state index contributed by atoms with van der Waals surface area (Å²) in [6.07, 6.45) is 15.9. The highest BCUT2D eigenvalue weighted by Gasteiger charge is 2.60. The first-order chi connectivity index (χ1) is 26.8. The Bertz CT molecular complexity index is 1500. The maximum atomic E-state index is 14.3. The molecule has 3 fully saturated rings. The minimum atomic E-state index is -1.79. The van der Waals surface area contributed by atoms with E-state index in [4.69, 9.17) is 37.9 Å². The fraction of sp³-hybridized carbons (Fsp3) is 0.756. The van der Waals surface area contributed by atoms with Gasteiger partial charge in [0, 0.05) is 38.9 Å². The summed E-state index contributed by atoms with van der Waals surface area (Å²) in [5.74, 6) is -2.39. The van der Waals surface area contributed by atoms with Gasteiger partial charge in [0.2, 0.25) is 0 Å². The van der Waals surface area contributed by atoms with Crippen LogP contribution in [0.2, 0.25) is 0 Å². The van der Waals surface area contributed by atoms with E-state index < -0.39 is 41.6 Å². The molecule has 6 rings (SSSR count). The molecule has 0 radical (unpaired) electrons. The predicted octanol–water partition coefficient (Wildman–Crippen LogP) is 6.67. The van der Waals surface area contributed by atoms with Crippen LogP contribution in [0.5, 0.6) is 0 Å². The molecule has 56 heavy (non-hydrogen) atoms. The van der Waals surface area contributed by atoms with Gasteiger partial charge < -0.3 is 48.1 Å². The summed E-state index contributed by atoms with van der Waals surface area (Å²) in [5.41, 5.74) is 0.452. The van der Waals surface area contributed by atoms with Gasteiger partial charge in [0.15, 0.2) is 5.79 Å². The lowest BCUT2D eigenvalue weighted by Gasteiger charge is -2.47. The first-order valence-electron chi connectivity index (χ1n) is 21.2. The lowest BCUT2D eigenvalue weighted by molar-refractivity contribution is -0.294. The molecule has 0 aromatic heterocycles. The Morgan fingerprint density at radius 2 is 1.88 bits per heavy atom. The summed E-state index contributed by atoms with van der Waals surface area (Å²) in [6, 6.07) is 0. The average Bonchev–Trinajstić information content (AvgIpc) is 3.51. The number of carbonyl (C=O) groups excluding carboxylic acids is 1. The quantitative estimate of drug-likeness (QED) is 0.107. The van der Waals surface area contributed by atoms with E-state index in [1.807, 2.05) is 25.2 Å². The highest BCUT2D eigenvalue weighted by atomic mass is 16.7. The highest BCUT2D eigenvalue weighted by Crippen LogP contribution is 2.47. The van der Waals surface area contributed by atoms with Gasteiger partial charge in [-0.2, -0.15) is 0 Å². The SMILES string of the molecule is CCCCOCO[C@H]1C(C)OC([C@@H]2/C(C)=C/C[C@@H]3CC(C[C@]4(C=CC[C@@H](C(C)CC)O4)O3)OC(=O)[C@@H]3C=C(C)C(O)[C@H]4OC/C(=C\C=C\[C@@H]2C)[C@]43O)CC1OC. The van der Waals surface area contributed by atoms with E-state index in [1.165, 1.54) is 0 Å². The molecule has 5 aliphatic heterocycles. The van der Waals surface area contributed by atoms with E-state index in [9.17, 15) is 15.0 Å². The number of carbonyl (C=O) groups is 1. The summed E-state index contributed by atoms with van der Waals surface area (Å²) in [6.45, 7) is 15.5. The second-order valence-corrected chi connectivity index (χ2v) is 17.2. The number of allylic oxidation sites excluding steroid dienone is 3. The van der Waals surface area contributed by atoms with Crippen molar-refractivity contribution in [2.24, 2.45) is 23.7 Å². The molecular weight excluding hydrogens is 716 g/mol. The van der Waals surface area contributed by atoms with E-state index in [-0.39, 0.29) is 61.9 Å². The number of hydrogen-bond donors (Lipinski definition) is 2. The average molecular weight is 785 g/mol. The molecule has 15 atom stereocenters. The fourth-order valence-electron chi connectivity index (χ4n) is 9.71. The molecule has 0 saturated carbocycles. The van der Waals surface area contributed by atoms with Gasteiger partial charge in [-0.1, -0.05) is 82.6 Å². The van der Waals surface area contributed by atoms with Crippen LogP contribution in [-0.2, 0) is 42.7 Å². The standard InChI is InChI=1S/C45H68O11/c1-9-11-20-50-26-52-41-31(7)53-37(23-38(41)49-8)39-28(4)14-12-15-32-25-51-42-40(46)30(6)21-35(45(32,42)48)43(47)54-34-22-33(18-17-29(39)5)55-44(24-34)19-13-16-36(56-44)27(3)10-2/h12-15,17,19,21,27-28,31,33-42,46,48H,9-11,16,18,20,22-26H2,1-8H3/b14-12+,29-17+,32-15+/t27?,28-,31?,33+,34?,35-,36-,37?,38?,39-,40?,41-,42+,44+,45+/m0/s1. The predicted molar refractivity (Wildman–Crippen MR) is 211 cm³/mol. The van der Waals surface area contributed by atoms with E-state index >= 15 is 0 Å². The third-order valence-corrected chi connectivity index (χ3v) is 13.2. The molecule has 6 unspecified atom stereocenters. The van der Waals surface area contributed by atoms with Crippen LogP contribution in [0.1, 0.15) is 99.8 Å². The Morgan fingerprint density at radius 3 is 2.62 bits per heavy atom. The van der Waals surface area contributed by atoms with Crippen LogP contribution in [0.25, 0.3) is 0 Å². The van der Waals surface area contributed by atoms with Crippen LogP contribution in [-0.4, -0.2) is 110 Å². The molecule has 6 aliphatic rings. The number of rotatable bonds is 10. The van der Waals surface area contributed by atoms with Crippen molar-refractivity contribution in [2.75, 3.05) is 27.1 Å². The fourth-order valence-corrected chi connectivity index (χ4v) is 9.71. The lowest BCUT2D eigenvalue weighted by Crippen LogP contribution is -2.58. The molecule has 11 heteroatoms. The molecule has 0 aromatic rings. The highest BCUT2D eigenvalue weighted by molar-refractivity contribution is 5.78. The Balaban J connectivity index is 1.35. The van der Waals surface area contributed by atoms with Crippen LogP contribution >= 0.6 is 0 Å². The van der Waals surface area contributed by atoms with Gasteiger partial charge >= 0.3 is 5.97 Å². The molecule has 11 nitrogen and oxygen atoms in total. The number of aliphatic hydroxyl groups is 2. The van der Waals surface area contributed by atoms with Crippen molar-refractivity contribution in [3.8, 4) is 0 Å². The van der Waals surface area contributed by atoms with E-state index in [0.717, 1.165) is 31.3 Å². The van der Waals surface area contributed by atoms with Crippen molar-refractivity contribution in [2.45, 2.75) is 166 Å².